The first kappa shape index (κ1) is 15.4. The van der Waals surface area contributed by atoms with Crippen LogP contribution in [-0.4, -0.2) is 24.7 Å². The Labute approximate surface area is 125 Å². The van der Waals surface area contributed by atoms with Crippen molar-refractivity contribution in [3.63, 3.8) is 0 Å². The van der Waals surface area contributed by atoms with Gasteiger partial charge in [0.05, 0.1) is 10.6 Å². The van der Waals surface area contributed by atoms with Crippen molar-refractivity contribution in [3.8, 4) is 0 Å². The zero-order chi connectivity index (χ0) is 15.6. The third-order valence-electron chi connectivity index (χ3n) is 2.88. The summed E-state index contributed by atoms with van der Waals surface area (Å²) in [5.74, 6) is 0. The number of benzene rings is 1. The van der Waals surface area contributed by atoms with Crippen molar-refractivity contribution in [1.82, 2.24) is 4.31 Å². The van der Waals surface area contributed by atoms with Crippen LogP contribution in [0.5, 0.6) is 0 Å². The van der Waals surface area contributed by atoms with Gasteiger partial charge in [-0.1, -0.05) is 0 Å². The van der Waals surface area contributed by atoms with Crippen LogP contribution in [0.15, 0.2) is 39.9 Å². The van der Waals surface area contributed by atoms with Crippen molar-refractivity contribution < 1.29 is 13.3 Å². The summed E-state index contributed by atoms with van der Waals surface area (Å²) >= 11 is 1.46. The van der Waals surface area contributed by atoms with Gasteiger partial charge in [-0.3, -0.25) is 10.1 Å². The molecule has 0 saturated heterocycles. The second-order valence-corrected chi connectivity index (χ2v) is 7.17. The summed E-state index contributed by atoms with van der Waals surface area (Å²) < 4.78 is 26.1. The lowest BCUT2D eigenvalue weighted by Crippen LogP contribution is -2.27. The minimum atomic E-state index is -3.89. The molecular formula is C12H13N3O4S2. The minimum absolute atomic E-state index is 0.0160. The molecule has 1 aromatic heterocycles. The molecule has 0 fully saturated rings. The fraction of sp³-hybridized carbons (Fsp3) is 0.167. The topological polar surface area (TPSA) is 107 Å². The molecule has 2 aromatic rings. The average Bonchev–Trinajstić information content (AvgIpc) is 2.91. The third-order valence-corrected chi connectivity index (χ3v) is 5.47. The van der Waals surface area contributed by atoms with Crippen molar-refractivity contribution in [3.05, 3.63) is 50.7 Å². The number of hydrogen-bond donors (Lipinski definition) is 1. The van der Waals surface area contributed by atoms with Gasteiger partial charge in [-0.05, 0) is 28.5 Å². The Balaban J connectivity index is 2.38. The van der Waals surface area contributed by atoms with E-state index in [2.05, 4.69) is 0 Å². The number of thiophene rings is 1. The molecule has 7 nitrogen and oxygen atoms in total. The molecule has 0 saturated carbocycles. The Morgan fingerprint density at radius 1 is 1.38 bits per heavy atom. The molecule has 1 heterocycles. The van der Waals surface area contributed by atoms with E-state index in [-0.39, 0.29) is 22.8 Å². The molecule has 0 atom stereocenters. The summed E-state index contributed by atoms with van der Waals surface area (Å²) in [6.45, 7) is 0.175. The van der Waals surface area contributed by atoms with Gasteiger partial charge in [0.25, 0.3) is 5.69 Å². The SMILES string of the molecule is CN(Cc1ccsc1)S(=O)(=O)c1cc([N+](=O)[O-])ccc1N. The Bertz CT molecular complexity index is 757. The first-order chi connectivity index (χ1) is 9.82. The highest BCUT2D eigenvalue weighted by Crippen LogP contribution is 2.27. The van der Waals surface area contributed by atoms with Gasteiger partial charge in [-0.25, -0.2) is 8.42 Å². The van der Waals surface area contributed by atoms with E-state index in [9.17, 15) is 18.5 Å². The van der Waals surface area contributed by atoms with Gasteiger partial charge in [0.2, 0.25) is 10.0 Å². The highest BCUT2D eigenvalue weighted by Gasteiger charge is 2.25. The standard InChI is InChI=1S/C12H13N3O4S2/c1-14(7-9-4-5-20-8-9)21(18,19)12-6-10(15(16)17)2-3-11(12)13/h2-6,8H,7,13H2,1H3. The van der Waals surface area contributed by atoms with Gasteiger partial charge in [-0.15, -0.1) is 0 Å². The van der Waals surface area contributed by atoms with Gasteiger partial charge >= 0.3 is 0 Å². The molecule has 112 valence electrons. The van der Waals surface area contributed by atoms with E-state index >= 15 is 0 Å². The van der Waals surface area contributed by atoms with Crippen LogP contribution in [-0.2, 0) is 16.6 Å². The molecule has 0 bridgehead atoms. The lowest BCUT2D eigenvalue weighted by Gasteiger charge is -2.17. The molecule has 0 aliphatic heterocycles. The molecule has 0 radical (unpaired) electrons. The van der Waals surface area contributed by atoms with Crippen LogP contribution in [0.25, 0.3) is 0 Å². The Hall–Kier alpha value is -1.97. The highest BCUT2D eigenvalue weighted by molar-refractivity contribution is 7.89. The number of hydrogen-bond acceptors (Lipinski definition) is 6. The van der Waals surface area contributed by atoms with Gasteiger partial charge in [0.1, 0.15) is 4.90 Å². The van der Waals surface area contributed by atoms with Crippen LogP contribution >= 0.6 is 11.3 Å². The Morgan fingerprint density at radius 2 is 2.10 bits per heavy atom. The van der Waals surface area contributed by atoms with Gasteiger partial charge < -0.3 is 5.73 Å². The maximum absolute atomic E-state index is 12.5. The molecule has 0 aliphatic rings. The highest BCUT2D eigenvalue weighted by atomic mass is 32.2. The largest absolute Gasteiger partial charge is 0.398 e. The van der Waals surface area contributed by atoms with E-state index in [4.69, 9.17) is 5.73 Å². The molecule has 2 N–H and O–H groups in total. The Morgan fingerprint density at radius 3 is 2.67 bits per heavy atom. The van der Waals surface area contributed by atoms with E-state index < -0.39 is 14.9 Å². The molecule has 1 aromatic carbocycles. The van der Waals surface area contributed by atoms with Crippen LogP contribution in [0.2, 0.25) is 0 Å². The smallest absolute Gasteiger partial charge is 0.270 e. The second-order valence-electron chi connectivity index (χ2n) is 4.37. The number of anilines is 1. The molecule has 0 spiro atoms. The number of nitrogens with two attached hydrogens (primary N) is 1. The number of rotatable bonds is 5. The molecule has 0 amide bonds. The molecule has 0 aliphatic carbocycles. The van der Waals surface area contributed by atoms with Crippen molar-refractivity contribution in [1.29, 1.82) is 0 Å². The molecule has 2 rings (SSSR count). The number of nitrogens with zero attached hydrogens (tertiary/aromatic N) is 2. The van der Waals surface area contributed by atoms with Crippen molar-refractivity contribution >= 4 is 32.7 Å². The average molecular weight is 327 g/mol. The number of nitro benzene ring substituents is 1. The third kappa shape index (κ3) is 3.20. The van der Waals surface area contributed by atoms with E-state index in [0.29, 0.717) is 0 Å². The lowest BCUT2D eigenvalue weighted by atomic mass is 10.3. The van der Waals surface area contributed by atoms with Crippen LogP contribution < -0.4 is 5.73 Å². The van der Waals surface area contributed by atoms with Crippen molar-refractivity contribution in [2.45, 2.75) is 11.4 Å². The van der Waals surface area contributed by atoms with Gasteiger partial charge in [0, 0.05) is 25.7 Å². The quantitative estimate of drug-likeness (QED) is 0.514. The predicted molar refractivity (Wildman–Crippen MR) is 80.5 cm³/mol. The summed E-state index contributed by atoms with van der Waals surface area (Å²) in [4.78, 5) is 9.86. The summed E-state index contributed by atoms with van der Waals surface area (Å²) in [6.07, 6.45) is 0. The van der Waals surface area contributed by atoms with Crippen LogP contribution in [0.4, 0.5) is 11.4 Å². The zero-order valence-corrected chi connectivity index (χ0v) is 12.7. The fourth-order valence-electron chi connectivity index (χ4n) is 1.75. The first-order valence-corrected chi connectivity index (χ1v) is 8.22. The summed E-state index contributed by atoms with van der Waals surface area (Å²) in [5.41, 5.74) is 6.17. The monoisotopic (exact) mass is 327 g/mol. The molecule has 9 heteroatoms. The van der Waals surface area contributed by atoms with Gasteiger partial charge in [0.15, 0.2) is 0 Å². The van der Waals surface area contributed by atoms with Crippen molar-refractivity contribution in [2.75, 3.05) is 12.8 Å². The fourth-order valence-corrected chi connectivity index (χ4v) is 3.70. The predicted octanol–water partition coefficient (Wildman–Crippen LogP) is 2.06. The van der Waals surface area contributed by atoms with Crippen LogP contribution in [0, 0.1) is 10.1 Å². The number of nitrogen functional groups attached to an aromatic ring is 1. The second kappa shape index (κ2) is 5.80. The van der Waals surface area contributed by atoms with E-state index in [1.54, 1.807) is 0 Å². The van der Waals surface area contributed by atoms with E-state index in [0.717, 1.165) is 15.9 Å². The Kier molecular flexibility index (Phi) is 4.26. The number of sulfonamides is 1. The van der Waals surface area contributed by atoms with Crippen LogP contribution in [0.3, 0.4) is 0 Å². The number of nitro groups is 1. The molecule has 0 unspecified atom stereocenters. The summed E-state index contributed by atoms with van der Waals surface area (Å²) in [7, 11) is -2.49. The molecular weight excluding hydrogens is 314 g/mol. The number of non-ortho nitro benzene ring substituents is 1. The maximum atomic E-state index is 12.5. The minimum Gasteiger partial charge on any atom is -0.398 e. The summed E-state index contributed by atoms with van der Waals surface area (Å²) in [6, 6.07) is 5.19. The van der Waals surface area contributed by atoms with Crippen molar-refractivity contribution in [2.24, 2.45) is 0 Å². The van der Waals surface area contributed by atoms with Crippen LogP contribution in [0.1, 0.15) is 5.56 Å². The molecule has 21 heavy (non-hydrogen) atoms. The normalized spacial score (nSPS) is 11.7. The van der Waals surface area contributed by atoms with Gasteiger partial charge in [-0.2, -0.15) is 15.6 Å². The zero-order valence-electron chi connectivity index (χ0n) is 11.1. The first-order valence-electron chi connectivity index (χ1n) is 5.83. The summed E-state index contributed by atoms with van der Waals surface area (Å²) in [5, 5.41) is 14.5. The van der Waals surface area contributed by atoms with E-state index in [1.165, 1.54) is 30.5 Å². The maximum Gasteiger partial charge on any atom is 0.270 e. The lowest BCUT2D eigenvalue weighted by molar-refractivity contribution is -0.385. The van der Waals surface area contributed by atoms with E-state index in [1.807, 2.05) is 16.8 Å².